The Morgan fingerprint density at radius 2 is 1.90 bits per heavy atom. The summed E-state index contributed by atoms with van der Waals surface area (Å²) in [6.45, 7) is 7.44. The third-order valence-electron chi connectivity index (χ3n) is 6.12. The number of carbonyl (C=O) groups is 2. The fourth-order valence-electron chi connectivity index (χ4n) is 4.55. The number of amides is 2. The molecule has 2 N–H and O–H groups in total. The highest BCUT2D eigenvalue weighted by Crippen LogP contribution is 2.38. The van der Waals surface area contributed by atoms with Gasteiger partial charge in [-0.05, 0) is 64.2 Å². The maximum absolute atomic E-state index is 12.6. The lowest BCUT2D eigenvalue weighted by Crippen LogP contribution is -2.50. The SMILES string of the molecule is CC(C)(C)OC(=O)N1CCC(O)(CC2CC(c3ccc4c(c3)OCCO4)C(=O)N2)CC1. The third kappa shape index (κ3) is 5.06. The van der Waals surface area contributed by atoms with Gasteiger partial charge in [-0.2, -0.15) is 0 Å². The molecule has 8 heteroatoms. The third-order valence-corrected chi connectivity index (χ3v) is 6.12. The number of likely N-dealkylation sites (tertiary alicyclic amines) is 1. The number of nitrogens with zero attached hydrogens (tertiary/aromatic N) is 1. The molecule has 1 aromatic carbocycles. The lowest BCUT2D eigenvalue weighted by atomic mass is 9.83. The maximum atomic E-state index is 12.6. The fourth-order valence-corrected chi connectivity index (χ4v) is 4.55. The Balaban J connectivity index is 1.33. The van der Waals surface area contributed by atoms with Crippen molar-refractivity contribution in [2.24, 2.45) is 0 Å². The molecule has 0 aromatic heterocycles. The van der Waals surface area contributed by atoms with Crippen molar-refractivity contribution >= 4 is 12.0 Å². The van der Waals surface area contributed by atoms with E-state index in [1.807, 2.05) is 39.0 Å². The van der Waals surface area contributed by atoms with E-state index in [1.165, 1.54) is 0 Å². The van der Waals surface area contributed by atoms with Gasteiger partial charge in [0.25, 0.3) is 0 Å². The van der Waals surface area contributed by atoms with Gasteiger partial charge in [-0.3, -0.25) is 4.79 Å². The zero-order valence-electron chi connectivity index (χ0n) is 18.5. The second kappa shape index (κ2) is 8.22. The number of hydrogen-bond donors (Lipinski definition) is 2. The lowest BCUT2D eigenvalue weighted by Gasteiger charge is -2.39. The molecule has 2 atom stereocenters. The summed E-state index contributed by atoms with van der Waals surface area (Å²) in [5.41, 5.74) is -0.545. The monoisotopic (exact) mass is 432 g/mol. The van der Waals surface area contributed by atoms with E-state index in [0.717, 1.165) is 5.56 Å². The molecule has 8 nitrogen and oxygen atoms in total. The highest BCUT2D eigenvalue weighted by molar-refractivity contribution is 5.86. The number of rotatable bonds is 3. The number of benzene rings is 1. The molecule has 2 fully saturated rings. The van der Waals surface area contributed by atoms with Crippen LogP contribution in [0.15, 0.2) is 18.2 Å². The van der Waals surface area contributed by atoms with E-state index in [1.54, 1.807) is 4.90 Å². The number of piperidine rings is 1. The second-order valence-electron chi connectivity index (χ2n) is 9.79. The summed E-state index contributed by atoms with van der Waals surface area (Å²) in [5.74, 6) is 1.08. The van der Waals surface area contributed by atoms with Gasteiger partial charge in [-0.1, -0.05) is 6.07 Å². The highest BCUT2D eigenvalue weighted by atomic mass is 16.6. The first-order valence-corrected chi connectivity index (χ1v) is 11.0. The summed E-state index contributed by atoms with van der Waals surface area (Å²) < 4.78 is 16.6. The zero-order chi connectivity index (χ0) is 22.2. The molecular formula is C23H32N2O6. The first-order chi connectivity index (χ1) is 14.6. The van der Waals surface area contributed by atoms with Crippen molar-refractivity contribution in [3.8, 4) is 11.5 Å². The van der Waals surface area contributed by atoms with Gasteiger partial charge in [-0.25, -0.2) is 4.79 Å². The molecule has 170 valence electrons. The van der Waals surface area contributed by atoms with E-state index < -0.39 is 11.2 Å². The van der Waals surface area contributed by atoms with E-state index >= 15 is 0 Å². The van der Waals surface area contributed by atoms with Crippen LogP contribution in [0.3, 0.4) is 0 Å². The first kappa shape index (κ1) is 21.7. The van der Waals surface area contributed by atoms with Crippen molar-refractivity contribution in [1.82, 2.24) is 10.2 Å². The van der Waals surface area contributed by atoms with Crippen LogP contribution < -0.4 is 14.8 Å². The van der Waals surface area contributed by atoms with Crippen LogP contribution in [0.1, 0.15) is 57.9 Å². The molecule has 0 aliphatic carbocycles. The van der Waals surface area contributed by atoms with E-state index in [-0.39, 0.29) is 24.0 Å². The van der Waals surface area contributed by atoms with Gasteiger partial charge in [0.1, 0.15) is 18.8 Å². The minimum Gasteiger partial charge on any atom is -0.486 e. The van der Waals surface area contributed by atoms with Crippen LogP contribution in [0.4, 0.5) is 4.79 Å². The Morgan fingerprint density at radius 1 is 1.23 bits per heavy atom. The van der Waals surface area contributed by atoms with Crippen LogP contribution in [-0.4, -0.2) is 65.6 Å². The smallest absolute Gasteiger partial charge is 0.410 e. The van der Waals surface area contributed by atoms with Crippen LogP contribution in [0, 0.1) is 0 Å². The summed E-state index contributed by atoms with van der Waals surface area (Å²) in [5, 5.41) is 14.1. The highest BCUT2D eigenvalue weighted by Gasteiger charge is 2.41. The summed E-state index contributed by atoms with van der Waals surface area (Å²) in [4.78, 5) is 26.5. The minimum atomic E-state index is -0.905. The van der Waals surface area contributed by atoms with E-state index in [0.29, 0.717) is 63.5 Å². The molecular weight excluding hydrogens is 400 g/mol. The van der Waals surface area contributed by atoms with Crippen LogP contribution in [0.5, 0.6) is 11.5 Å². The van der Waals surface area contributed by atoms with E-state index in [9.17, 15) is 14.7 Å². The fraction of sp³-hybridized carbons (Fsp3) is 0.652. The molecule has 0 spiro atoms. The van der Waals surface area contributed by atoms with Gasteiger partial charge in [0.05, 0.1) is 11.5 Å². The van der Waals surface area contributed by atoms with Crippen LogP contribution in [0.25, 0.3) is 0 Å². The zero-order valence-corrected chi connectivity index (χ0v) is 18.5. The first-order valence-electron chi connectivity index (χ1n) is 11.0. The number of aliphatic hydroxyl groups is 1. The summed E-state index contributed by atoms with van der Waals surface area (Å²) in [6.07, 6.45) is 1.68. The average molecular weight is 433 g/mol. The van der Waals surface area contributed by atoms with Gasteiger partial charge in [0, 0.05) is 19.1 Å². The Hall–Kier alpha value is -2.48. The normalized spacial score (nSPS) is 25.2. The topological polar surface area (TPSA) is 97.3 Å². The molecule has 1 aromatic rings. The summed E-state index contributed by atoms with van der Waals surface area (Å²) in [7, 11) is 0. The van der Waals surface area contributed by atoms with Crippen molar-refractivity contribution in [2.75, 3.05) is 26.3 Å². The molecule has 31 heavy (non-hydrogen) atoms. The predicted octanol–water partition coefficient (Wildman–Crippen LogP) is 2.58. The second-order valence-corrected chi connectivity index (χ2v) is 9.79. The van der Waals surface area contributed by atoms with E-state index in [2.05, 4.69) is 5.32 Å². The average Bonchev–Trinajstić information content (AvgIpc) is 3.06. The Bertz CT molecular complexity index is 841. The number of fused-ring (bicyclic) bond motifs is 1. The van der Waals surface area contributed by atoms with Gasteiger partial charge in [0.2, 0.25) is 5.91 Å². The molecule has 0 radical (unpaired) electrons. The van der Waals surface area contributed by atoms with Crippen LogP contribution in [-0.2, 0) is 9.53 Å². The quantitative estimate of drug-likeness (QED) is 0.762. The predicted molar refractivity (Wildman–Crippen MR) is 113 cm³/mol. The Kier molecular flexibility index (Phi) is 5.77. The van der Waals surface area contributed by atoms with Crippen molar-refractivity contribution in [2.45, 2.75) is 69.6 Å². The molecule has 2 amide bonds. The standard InChI is InChI=1S/C23H32N2O6/c1-22(2,3)31-21(27)25-8-6-23(28,7-9-25)14-16-13-17(20(26)24-16)15-4-5-18-19(12-15)30-11-10-29-18/h4-5,12,16-17,28H,6-11,13-14H2,1-3H3,(H,24,26). The molecule has 3 heterocycles. The number of hydrogen-bond acceptors (Lipinski definition) is 6. The molecule has 0 saturated carbocycles. The van der Waals surface area contributed by atoms with Crippen molar-refractivity contribution in [3.05, 3.63) is 23.8 Å². The van der Waals surface area contributed by atoms with Crippen molar-refractivity contribution in [1.29, 1.82) is 0 Å². The molecule has 3 aliphatic rings. The number of nitrogens with one attached hydrogen (secondary N) is 1. The lowest BCUT2D eigenvalue weighted by molar-refractivity contribution is -0.120. The largest absolute Gasteiger partial charge is 0.486 e. The number of ether oxygens (including phenoxy) is 3. The van der Waals surface area contributed by atoms with Gasteiger partial charge < -0.3 is 29.5 Å². The van der Waals surface area contributed by atoms with Crippen LogP contribution >= 0.6 is 0 Å². The molecule has 3 aliphatic heterocycles. The molecule has 4 rings (SSSR count). The molecule has 2 unspecified atom stereocenters. The van der Waals surface area contributed by atoms with E-state index in [4.69, 9.17) is 14.2 Å². The number of carbonyl (C=O) groups excluding carboxylic acids is 2. The van der Waals surface area contributed by atoms with Crippen molar-refractivity contribution < 1.29 is 28.9 Å². The molecule has 0 bridgehead atoms. The summed E-state index contributed by atoms with van der Waals surface area (Å²) in [6, 6.07) is 5.54. The Labute approximate surface area is 182 Å². The van der Waals surface area contributed by atoms with Gasteiger partial charge >= 0.3 is 6.09 Å². The van der Waals surface area contributed by atoms with Gasteiger partial charge in [0.15, 0.2) is 11.5 Å². The van der Waals surface area contributed by atoms with Gasteiger partial charge in [-0.15, -0.1) is 0 Å². The van der Waals surface area contributed by atoms with Crippen molar-refractivity contribution in [3.63, 3.8) is 0 Å². The van der Waals surface area contributed by atoms with Crippen LogP contribution in [0.2, 0.25) is 0 Å². The Morgan fingerprint density at radius 3 is 2.58 bits per heavy atom. The maximum Gasteiger partial charge on any atom is 0.410 e. The minimum absolute atomic E-state index is 0.0310. The molecule has 2 saturated heterocycles. The summed E-state index contributed by atoms with van der Waals surface area (Å²) >= 11 is 0.